The van der Waals surface area contributed by atoms with E-state index in [4.69, 9.17) is 14.6 Å². The van der Waals surface area contributed by atoms with Gasteiger partial charge in [-0.15, -0.1) is 0 Å². The minimum absolute atomic E-state index is 0.414. The SMILES string of the molecule is O=C(O)N1CCOC1c1cccc(N2CCOC2)c1. The average Bonchev–Trinajstić information content (AvgIpc) is 3.10. The third kappa shape index (κ3) is 2.36. The Bertz CT molecular complexity index is 473. The summed E-state index contributed by atoms with van der Waals surface area (Å²) in [5, 5.41) is 9.14. The number of ether oxygens (including phenoxy) is 2. The smallest absolute Gasteiger partial charge is 0.409 e. The lowest BCUT2D eigenvalue weighted by atomic mass is 10.1. The van der Waals surface area contributed by atoms with Gasteiger partial charge in [-0.25, -0.2) is 4.79 Å². The van der Waals surface area contributed by atoms with Crippen LogP contribution in [-0.4, -0.2) is 49.1 Å². The van der Waals surface area contributed by atoms with Gasteiger partial charge in [0.15, 0.2) is 6.23 Å². The molecule has 1 unspecified atom stereocenters. The molecule has 6 nitrogen and oxygen atoms in total. The molecule has 1 aromatic rings. The molecule has 2 saturated heterocycles. The quantitative estimate of drug-likeness (QED) is 0.876. The number of hydrogen-bond acceptors (Lipinski definition) is 4. The van der Waals surface area contributed by atoms with Crippen LogP contribution in [0.5, 0.6) is 0 Å². The molecule has 102 valence electrons. The second kappa shape index (κ2) is 5.07. The third-order valence-electron chi connectivity index (χ3n) is 3.41. The van der Waals surface area contributed by atoms with Gasteiger partial charge >= 0.3 is 6.09 Å². The fraction of sp³-hybridized carbons (Fsp3) is 0.462. The number of carbonyl (C=O) groups is 1. The number of hydrogen-bond donors (Lipinski definition) is 1. The summed E-state index contributed by atoms with van der Waals surface area (Å²) >= 11 is 0. The molecule has 2 fully saturated rings. The van der Waals surface area contributed by atoms with Gasteiger partial charge in [0.2, 0.25) is 0 Å². The van der Waals surface area contributed by atoms with E-state index in [2.05, 4.69) is 4.90 Å². The standard InChI is InChI=1S/C13H16N2O4/c16-13(17)15-5-7-19-12(15)10-2-1-3-11(8-10)14-4-6-18-9-14/h1-3,8,12H,4-7,9H2,(H,16,17). The fourth-order valence-electron chi connectivity index (χ4n) is 2.43. The predicted molar refractivity (Wildman–Crippen MR) is 68.0 cm³/mol. The largest absolute Gasteiger partial charge is 0.465 e. The van der Waals surface area contributed by atoms with Crippen LogP contribution in [-0.2, 0) is 9.47 Å². The molecule has 1 amide bonds. The fourth-order valence-corrected chi connectivity index (χ4v) is 2.43. The van der Waals surface area contributed by atoms with Gasteiger partial charge in [0, 0.05) is 17.8 Å². The van der Waals surface area contributed by atoms with Crippen LogP contribution in [0.15, 0.2) is 24.3 Å². The minimum atomic E-state index is -0.947. The van der Waals surface area contributed by atoms with Gasteiger partial charge in [-0.05, 0) is 12.1 Å². The summed E-state index contributed by atoms with van der Waals surface area (Å²) in [7, 11) is 0. The normalized spacial score (nSPS) is 23.1. The van der Waals surface area contributed by atoms with Crippen molar-refractivity contribution >= 4 is 11.8 Å². The van der Waals surface area contributed by atoms with E-state index in [1.807, 2.05) is 24.3 Å². The monoisotopic (exact) mass is 264 g/mol. The van der Waals surface area contributed by atoms with Crippen LogP contribution in [0.4, 0.5) is 10.5 Å². The Labute approximate surface area is 111 Å². The molecule has 2 heterocycles. The Morgan fingerprint density at radius 2 is 2.21 bits per heavy atom. The van der Waals surface area contributed by atoms with Crippen molar-refractivity contribution in [1.82, 2.24) is 4.90 Å². The topological polar surface area (TPSA) is 62.2 Å². The lowest BCUT2D eigenvalue weighted by molar-refractivity contribution is 0.0352. The number of anilines is 1. The molecule has 0 radical (unpaired) electrons. The molecule has 0 aromatic heterocycles. The second-order valence-electron chi connectivity index (χ2n) is 4.59. The Morgan fingerprint density at radius 1 is 1.32 bits per heavy atom. The molecule has 0 bridgehead atoms. The maximum atomic E-state index is 11.1. The molecule has 6 heteroatoms. The zero-order valence-corrected chi connectivity index (χ0v) is 10.5. The first kappa shape index (κ1) is 12.3. The lowest BCUT2D eigenvalue weighted by Gasteiger charge is -2.22. The summed E-state index contributed by atoms with van der Waals surface area (Å²) in [6.07, 6.45) is -1.45. The molecule has 3 rings (SSSR count). The highest BCUT2D eigenvalue weighted by atomic mass is 16.5. The Morgan fingerprint density at radius 3 is 2.95 bits per heavy atom. The zero-order valence-electron chi connectivity index (χ0n) is 10.5. The Balaban J connectivity index is 1.84. The highest BCUT2D eigenvalue weighted by Gasteiger charge is 2.31. The molecule has 2 aliphatic rings. The van der Waals surface area contributed by atoms with Crippen LogP contribution >= 0.6 is 0 Å². The lowest BCUT2D eigenvalue weighted by Crippen LogP contribution is -2.29. The van der Waals surface area contributed by atoms with Gasteiger partial charge in [-0.1, -0.05) is 12.1 Å². The van der Waals surface area contributed by atoms with E-state index in [1.165, 1.54) is 4.90 Å². The first-order valence-corrected chi connectivity index (χ1v) is 6.29. The summed E-state index contributed by atoms with van der Waals surface area (Å²) in [4.78, 5) is 14.6. The van der Waals surface area contributed by atoms with Crippen molar-refractivity contribution in [2.75, 3.05) is 37.9 Å². The van der Waals surface area contributed by atoms with E-state index < -0.39 is 12.3 Å². The van der Waals surface area contributed by atoms with Gasteiger partial charge in [-0.3, -0.25) is 4.90 Å². The molecule has 2 aliphatic heterocycles. The summed E-state index contributed by atoms with van der Waals surface area (Å²) in [6, 6.07) is 7.79. The summed E-state index contributed by atoms with van der Waals surface area (Å²) in [6.45, 7) is 3.02. The van der Waals surface area contributed by atoms with Crippen LogP contribution < -0.4 is 4.90 Å². The van der Waals surface area contributed by atoms with Gasteiger partial charge in [0.1, 0.15) is 6.73 Å². The number of rotatable bonds is 2. The number of nitrogens with zero attached hydrogens (tertiary/aromatic N) is 2. The van der Waals surface area contributed by atoms with Crippen molar-refractivity contribution in [2.24, 2.45) is 0 Å². The maximum Gasteiger partial charge on any atom is 0.409 e. The number of carboxylic acid groups (broad SMARTS) is 1. The van der Waals surface area contributed by atoms with E-state index in [0.717, 1.165) is 24.4 Å². The molecular formula is C13H16N2O4. The van der Waals surface area contributed by atoms with E-state index in [9.17, 15) is 4.79 Å². The van der Waals surface area contributed by atoms with Crippen molar-refractivity contribution in [2.45, 2.75) is 6.23 Å². The molecular weight excluding hydrogens is 248 g/mol. The molecule has 0 saturated carbocycles. The van der Waals surface area contributed by atoms with Gasteiger partial charge in [-0.2, -0.15) is 0 Å². The maximum absolute atomic E-state index is 11.1. The first-order chi connectivity index (χ1) is 9.25. The van der Waals surface area contributed by atoms with Crippen molar-refractivity contribution < 1.29 is 19.4 Å². The molecule has 1 atom stereocenters. The second-order valence-corrected chi connectivity index (χ2v) is 4.59. The van der Waals surface area contributed by atoms with E-state index in [0.29, 0.717) is 19.9 Å². The Hall–Kier alpha value is -1.79. The minimum Gasteiger partial charge on any atom is -0.465 e. The molecule has 0 spiro atoms. The average molecular weight is 264 g/mol. The van der Waals surface area contributed by atoms with Crippen LogP contribution in [0.25, 0.3) is 0 Å². The zero-order chi connectivity index (χ0) is 13.2. The molecule has 1 aromatic carbocycles. The van der Waals surface area contributed by atoms with Gasteiger partial charge < -0.3 is 19.5 Å². The summed E-state index contributed by atoms with van der Waals surface area (Å²) in [5.74, 6) is 0. The van der Waals surface area contributed by atoms with Crippen molar-refractivity contribution in [3.63, 3.8) is 0 Å². The molecule has 1 N–H and O–H groups in total. The summed E-state index contributed by atoms with van der Waals surface area (Å²) in [5.41, 5.74) is 1.90. The van der Waals surface area contributed by atoms with Gasteiger partial charge in [0.25, 0.3) is 0 Å². The van der Waals surface area contributed by atoms with Crippen LogP contribution in [0, 0.1) is 0 Å². The Kier molecular flexibility index (Phi) is 3.27. The van der Waals surface area contributed by atoms with Crippen LogP contribution in [0.2, 0.25) is 0 Å². The third-order valence-corrected chi connectivity index (χ3v) is 3.41. The van der Waals surface area contributed by atoms with Crippen LogP contribution in [0.1, 0.15) is 11.8 Å². The number of benzene rings is 1. The predicted octanol–water partition coefficient (Wildman–Crippen LogP) is 1.49. The molecule has 0 aliphatic carbocycles. The summed E-state index contributed by atoms with van der Waals surface area (Å²) < 4.78 is 10.9. The van der Waals surface area contributed by atoms with Crippen molar-refractivity contribution in [3.8, 4) is 0 Å². The van der Waals surface area contributed by atoms with E-state index in [1.54, 1.807) is 0 Å². The van der Waals surface area contributed by atoms with Gasteiger partial charge in [0.05, 0.1) is 19.8 Å². The highest BCUT2D eigenvalue weighted by Crippen LogP contribution is 2.29. The van der Waals surface area contributed by atoms with E-state index >= 15 is 0 Å². The van der Waals surface area contributed by atoms with Crippen LogP contribution in [0.3, 0.4) is 0 Å². The highest BCUT2D eigenvalue weighted by molar-refractivity contribution is 5.66. The van der Waals surface area contributed by atoms with E-state index in [-0.39, 0.29) is 0 Å². The first-order valence-electron chi connectivity index (χ1n) is 6.29. The number of amides is 1. The van der Waals surface area contributed by atoms with Crippen molar-refractivity contribution in [3.05, 3.63) is 29.8 Å². The molecule has 19 heavy (non-hydrogen) atoms. The van der Waals surface area contributed by atoms with Crippen molar-refractivity contribution in [1.29, 1.82) is 0 Å².